The van der Waals surface area contributed by atoms with Crippen LogP contribution < -0.4 is 19.7 Å². The molecule has 0 aliphatic carbocycles. The molecule has 0 radical (unpaired) electrons. The summed E-state index contributed by atoms with van der Waals surface area (Å²) >= 11 is 0. The Morgan fingerprint density at radius 2 is 1.89 bits per heavy atom. The van der Waals surface area contributed by atoms with E-state index in [1.54, 1.807) is 29.2 Å². The number of nitrogens with one attached hydrogen (secondary N) is 1. The summed E-state index contributed by atoms with van der Waals surface area (Å²) in [4.78, 5) is 37.0. The monoisotopic (exact) mass is 383 g/mol. The average molecular weight is 383 g/mol. The fourth-order valence-corrected chi connectivity index (χ4v) is 3.34. The zero-order chi connectivity index (χ0) is 19.7. The van der Waals surface area contributed by atoms with Crippen LogP contribution in [0.3, 0.4) is 0 Å². The van der Waals surface area contributed by atoms with E-state index in [0.717, 1.165) is 0 Å². The molecular weight excluding hydrogens is 366 g/mol. The third kappa shape index (κ3) is 3.34. The van der Waals surface area contributed by atoms with Crippen molar-refractivity contribution in [3.63, 3.8) is 0 Å². The highest BCUT2D eigenvalue weighted by Crippen LogP contribution is 2.35. The van der Waals surface area contributed by atoms with Gasteiger partial charge in [0.25, 0.3) is 11.6 Å². The standard InChI is InChI=1S/C19H17N3O6/c23-18-9-12(20-19(24)14-3-1-2-4-15(14)22(25)26)11-21(18)13-5-6-16-17(10-13)28-8-7-27-16/h1-6,10,12H,7-9,11H2,(H,20,24). The Kier molecular flexibility index (Phi) is 4.56. The summed E-state index contributed by atoms with van der Waals surface area (Å²) in [5.41, 5.74) is 0.349. The number of hydrogen-bond acceptors (Lipinski definition) is 6. The van der Waals surface area contributed by atoms with Crippen LogP contribution in [0.5, 0.6) is 11.5 Å². The van der Waals surface area contributed by atoms with Crippen molar-refractivity contribution in [1.29, 1.82) is 0 Å². The average Bonchev–Trinajstić information content (AvgIpc) is 3.07. The van der Waals surface area contributed by atoms with Crippen LogP contribution in [0, 0.1) is 10.1 Å². The van der Waals surface area contributed by atoms with Crippen LogP contribution >= 0.6 is 0 Å². The number of carbonyl (C=O) groups excluding carboxylic acids is 2. The first-order valence-electron chi connectivity index (χ1n) is 8.77. The lowest BCUT2D eigenvalue weighted by Gasteiger charge is -2.22. The number of hydrogen-bond donors (Lipinski definition) is 1. The second-order valence-electron chi connectivity index (χ2n) is 6.48. The molecule has 144 valence electrons. The van der Waals surface area contributed by atoms with Gasteiger partial charge >= 0.3 is 0 Å². The Morgan fingerprint density at radius 1 is 1.14 bits per heavy atom. The van der Waals surface area contributed by atoms with Gasteiger partial charge in [0.1, 0.15) is 18.8 Å². The molecule has 2 aliphatic heterocycles. The van der Waals surface area contributed by atoms with Crippen molar-refractivity contribution in [2.24, 2.45) is 0 Å². The summed E-state index contributed by atoms with van der Waals surface area (Å²) in [6.07, 6.45) is 0.112. The Balaban J connectivity index is 1.48. The van der Waals surface area contributed by atoms with Crippen molar-refractivity contribution in [3.8, 4) is 11.5 Å². The molecule has 0 bridgehead atoms. The number of para-hydroxylation sites is 1. The van der Waals surface area contributed by atoms with Gasteiger partial charge in [-0.25, -0.2) is 0 Å². The quantitative estimate of drug-likeness (QED) is 0.638. The summed E-state index contributed by atoms with van der Waals surface area (Å²) in [6.45, 7) is 1.19. The molecule has 1 saturated heterocycles. The molecule has 1 N–H and O–H groups in total. The number of ether oxygens (including phenoxy) is 2. The van der Waals surface area contributed by atoms with Gasteiger partial charge in [-0.1, -0.05) is 12.1 Å². The van der Waals surface area contributed by atoms with E-state index in [1.165, 1.54) is 18.2 Å². The van der Waals surface area contributed by atoms with Crippen molar-refractivity contribution in [1.82, 2.24) is 5.32 Å². The third-order valence-electron chi connectivity index (χ3n) is 4.64. The van der Waals surface area contributed by atoms with Crippen LogP contribution in [-0.4, -0.2) is 42.5 Å². The van der Waals surface area contributed by atoms with Gasteiger partial charge in [0.15, 0.2) is 11.5 Å². The highest BCUT2D eigenvalue weighted by molar-refractivity contribution is 6.00. The molecule has 2 aromatic rings. The van der Waals surface area contributed by atoms with Crippen molar-refractivity contribution >= 4 is 23.2 Å². The van der Waals surface area contributed by atoms with E-state index in [-0.39, 0.29) is 30.1 Å². The van der Waals surface area contributed by atoms with Crippen LogP contribution in [0.2, 0.25) is 0 Å². The minimum absolute atomic E-state index is 0.0299. The normalized spacial score (nSPS) is 18.1. The highest BCUT2D eigenvalue weighted by Gasteiger charge is 2.33. The molecule has 2 aliphatic rings. The summed E-state index contributed by atoms with van der Waals surface area (Å²) in [6, 6.07) is 10.5. The molecule has 2 heterocycles. The van der Waals surface area contributed by atoms with E-state index in [1.807, 2.05) is 0 Å². The number of nitro benzene ring substituents is 1. The molecule has 1 fully saturated rings. The Morgan fingerprint density at radius 3 is 2.68 bits per heavy atom. The van der Waals surface area contributed by atoms with Gasteiger partial charge in [-0.15, -0.1) is 0 Å². The number of anilines is 1. The van der Waals surface area contributed by atoms with E-state index in [0.29, 0.717) is 30.4 Å². The zero-order valence-electron chi connectivity index (χ0n) is 14.8. The molecule has 9 heteroatoms. The smallest absolute Gasteiger partial charge is 0.282 e. The summed E-state index contributed by atoms with van der Waals surface area (Å²) in [7, 11) is 0. The number of carbonyl (C=O) groups is 2. The molecular formula is C19H17N3O6. The lowest BCUT2D eigenvalue weighted by atomic mass is 10.1. The van der Waals surface area contributed by atoms with Gasteiger partial charge < -0.3 is 19.7 Å². The van der Waals surface area contributed by atoms with Gasteiger partial charge in [-0.2, -0.15) is 0 Å². The molecule has 28 heavy (non-hydrogen) atoms. The SMILES string of the molecule is O=C(NC1CC(=O)N(c2ccc3c(c2)OCCO3)C1)c1ccccc1[N+](=O)[O-]. The first-order valence-corrected chi connectivity index (χ1v) is 8.77. The molecule has 0 aromatic heterocycles. The summed E-state index contributed by atoms with van der Waals surface area (Å²) in [5, 5.41) is 13.8. The maximum atomic E-state index is 12.5. The number of fused-ring (bicyclic) bond motifs is 1. The highest BCUT2D eigenvalue weighted by atomic mass is 16.6. The molecule has 1 atom stereocenters. The lowest BCUT2D eigenvalue weighted by Crippen LogP contribution is -2.37. The van der Waals surface area contributed by atoms with E-state index in [2.05, 4.69) is 5.32 Å². The molecule has 0 spiro atoms. The van der Waals surface area contributed by atoms with Gasteiger partial charge in [-0.05, 0) is 18.2 Å². The molecule has 9 nitrogen and oxygen atoms in total. The molecule has 1 unspecified atom stereocenters. The van der Waals surface area contributed by atoms with E-state index in [4.69, 9.17) is 9.47 Å². The van der Waals surface area contributed by atoms with Crippen molar-refractivity contribution < 1.29 is 24.0 Å². The molecule has 2 aromatic carbocycles. The minimum atomic E-state index is -0.601. The number of nitrogens with zero attached hydrogens (tertiary/aromatic N) is 2. The molecule has 2 amide bonds. The van der Waals surface area contributed by atoms with Crippen molar-refractivity contribution in [2.75, 3.05) is 24.7 Å². The largest absolute Gasteiger partial charge is 0.486 e. The van der Waals surface area contributed by atoms with Crippen LogP contribution in [-0.2, 0) is 4.79 Å². The minimum Gasteiger partial charge on any atom is -0.486 e. The van der Waals surface area contributed by atoms with Crippen LogP contribution in [0.4, 0.5) is 11.4 Å². The number of amides is 2. The predicted molar refractivity (Wildman–Crippen MR) is 98.8 cm³/mol. The molecule has 4 rings (SSSR count). The lowest BCUT2D eigenvalue weighted by molar-refractivity contribution is -0.385. The summed E-state index contributed by atoms with van der Waals surface area (Å²) < 4.78 is 11.0. The Labute approximate surface area is 160 Å². The van der Waals surface area contributed by atoms with E-state index >= 15 is 0 Å². The van der Waals surface area contributed by atoms with Gasteiger partial charge in [0, 0.05) is 30.8 Å². The Hall–Kier alpha value is -3.62. The van der Waals surface area contributed by atoms with E-state index in [9.17, 15) is 19.7 Å². The first-order chi connectivity index (χ1) is 13.5. The van der Waals surface area contributed by atoms with Crippen LogP contribution in [0.15, 0.2) is 42.5 Å². The Bertz CT molecular complexity index is 960. The predicted octanol–water partition coefficient (Wildman–Crippen LogP) is 1.90. The zero-order valence-corrected chi connectivity index (χ0v) is 14.8. The fraction of sp³-hybridized carbons (Fsp3) is 0.263. The topological polar surface area (TPSA) is 111 Å². The molecule has 0 saturated carbocycles. The van der Waals surface area contributed by atoms with Crippen LogP contribution in [0.1, 0.15) is 16.8 Å². The number of nitro groups is 1. The van der Waals surface area contributed by atoms with Crippen LogP contribution in [0.25, 0.3) is 0 Å². The van der Waals surface area contributed by atoms with E-state index < -0.39 is 16.9 Å². The maximum absolute atomic E-state index is 12.5. The van der Waals surface area contributed by atoms with Crippen molar-refractivity contribution in [2.45, 2.75) is 12.5 Å². The van der Waals surface area contributed by atoms with Gasteiger partial charge in [0.2, 0.25) is 5.91 Å². The van der Waals surface area contributed by atoms with Crippen molar-refractivity contribution in [3.05, 3.63) is 58.1 Å². The third-order valence-corrected chi connectivity index (χ3v) is 4.64. The van der Waals surface area contributed by atoms with Gasteiger partial charge in [-0.3, -0.25) is 19.7 Å². The second kappa shape index (κ2) is 7.18. The fourth-order valence-electron chi connectivity index (χ4n) is 3.34. The first kappa shape index (κ1) is 17.8. The number of rotatable bonds is 4. The number of benzene rings is 2. The second-order valence-corrected chi connectivity index (χ2v) is 6.48. The van der Waals surface area contributed by atoms with Gasteiger partial charge in [0.05, 0.1) is 11.0 Å². The summed E-state index contributed by atoms with van der Waals surface area (Å²) in [5.74, 6) is 0.477. The maximum Gasteiger partial charge on any atom is 0.282 e.